The van der Waals surface area contributed by atoms with E-state index >= 15 is 0 Å². The molecule has 5 nitrogen and oxygen atoms in total. The van der Waals surface area contributed by atoms with Gasteiger partial charge in [-0.1, -0.05) is 6.42 Å². The lowest BCUT2D eigenvalue weighted by atomic mass is 9.86. The van der Waals surface area contributed by atoms with E-state index in [9.17, 15) is 4.79 Å². The normalized spacial score (nSPS) is 26.7. The number of carbonyl (C=O) groups excluding carboxylic acids is 1. The van der Waals surface area contributed by atoms with E-state index in [1.807, 2.05) is 17.2 Å². The third-order valence-corrected chi connectivity index (χ3v) is 6.54. The van der Waals surface area contributed by atoms with Crippen molar-refractivity contribution in [1.82, 2.24) is 9.88 Å². The lowest BCUT2D eigenvalue weighted by Crippen LogP contribution is -2.46. The minimum atomic E-state index is -0.0704. The molecule has 24 heavy (non-hydrogen) atoms. The van der Waals surface area contributed by atoms with E-state index < -0.39 is 0 Å². The number of thiazole rings is 1. The van der Waals surface area contributed by atoms with E-state index in [1.165, 1.54) is 30.6 Å². The number of aromatic nitrogens is 1. The van der Waals surface area contributed by atoms with Crippen molar-refractivity contribution in [2.24, 2.45) is 5.92 Å². The number of aryl methyl sites for hydroxylation is 1. The maximum atomic E-state index is 12.5. The molecule has 1 aromatic rings. The summed E-state index contributed by atoms with van der Waals surface area (Å²) in [7, 11) is 0. The van der Waals surface area contributed by atoms with Gasteiger partial charge in [0.15, 0.2) is 0 Å². The Morgan fingerprint density at radius 2 is 2.25 bits per heavy atom. The van der Waals surface area contributed by atoms with Gasteiger partial charge in [0.05, 0.1) is 23.3 Å². The van der Waals surface area contributed by atoms with E-state index in [1.54, 1.807) is 0 Å². The number of hydrogen-bond donors (Lipinski definition) is 0. The number of amides is 1. The highest BCUT2D eigenvalue weighted by Crippen LogP contribution is 2.38. The Hall–Kier alpha value is -0.980. The molecule has 3 fully saturated rings. The summed E-state index contributed by atoms with van der Waals surface area (Å²) in [5.41, 5.74) is 0.515. The Kier molecular flexibility index (Phi) is 4.62. The number of rotatable bonds is 4. The van der Waals surface area contributed by atoms with Crippen LogP contribution >= 0.6 is 11.3 Å². The number of carbonyl (C=O) groups is 1. The molecule has 2 aliphatic heterocycles. The predicted molar refractivity (Wildman–Crippen MR) is 92.4 cm³/mol. The predicted octanol–water partition coefficient (Wildman–Crippen LogP) is 3.03. The van der Waals surface area contributed by atoms with Gasteiger partial charge >= 0.3 is 0 Å². The Morgan fingerprint density at radius 1 is 1.46 bits per heavy atom. The van der Waals surface area contributed by atoms with Gasteiger partial charge in [0.2, 0.25) is 0 Å². The molecule has 0 radical (unpaired) electrons. The Balaban J connectivity index is 1.27. The van der Waals surface area contributed by atoms with Gasteiger partial charge < -0.3 is 14.4 Å². The molecule has 0 unspecified atom stereocenters. The second kappa shape index (κ2) is 6.73. The Labute approximate surface area is 147 Å². The number of likely N-dealkylation sites (tertiary alicyclic amines) is 1. The minimum Gasteiger partial charge on any atom is -0.375 e. The molecule has 4 rings (SSSR count). The molecule has 1 aliphatic carbocycles. The molecular formula is C18H26N2O3S. The molecule has 3 aliphatic rings. The molecule has 0 aromatic carbocycles. The smallest absolute Gasteiger partial charge is 0.273 e. The molecule has 0 N–H and O–H groups in total. The number of piperidine rings is 1. The third-order valence-electron chi connectivity index (χ3n) is 5.77. The van der Waals surface area contributed by atoms with Crippen molar-refractivity contribution < 1.29 is 14.3 Å². The lowest BCUT2D eigenvalue weighted by Gasteiger charge is -2.38. The van der Waals surface area contributed by atoms with Crippen LogP contribution in [0.4, 0.5) is 0 Å². The topological polar surface area (TPSA) is 51.7 Å². The van der Waals surface area contributed by atoms with Crippen LogP contribution in [0.2, 0.25) is 0 Å². The molecular weight excluding hydrogens is 324 g/mol. The summed E-state index contributed by atoms with van der Waals surface area (Å²) < 4.78 is 12.2. The van der Waals surface area contributed by atoms with Crippen molar-refractivity contribution in [3.8, 4) is 0 Å². The largest absolute Gasteiger partial charge is 0.375 e. The molecule has 1 aromatic heterocycles. The first-order chi connectivity index (χ1) is 11.6. The van der Waals surface area contributed by atoms with Crippen molar-refractivity contribution >= 4 is 17.2 Å². The van der Waals surface area contributed by atoms with Crippen LogP contribution in [0.15, 0.2) is 5.38 Å². The van der Waals surface area contributed by atoms with Crippen LogP contribution in [0.1, 0.15) is 54.0 Å². The summed E-state index contributed by atoms with van der Waals surface area (Å²) in [6.45, 7) is 5.06. The summed E-state index contributed by atoms with van der Waals surface area (Å²) in [4.78, 5) is 18.7. The molecule has 3 heterocycles. The maximum absolute atomic E-state index is 12.5. The summed E-state index contributed by atoms with van der Waals surface area (Å²) in [6.07, 6.45) is 7.06. The fourth-order valence-electron chi connectivity index (χ4n) is 3.93. The highest BCUT2D eigenvalue weighted by Gasteiger charge is 2.44. The second-order valence-corrected chi connectivity index (χ2v) is 8.56. The first-order valence-corrected chi connectivity index (χ1v) is 9.98. The van der Waals surface area contributed by atoms with E-state index in [-0.39, 0.29) is 17.6 Å². The molecule has 1 atom stereocenters. The molecule has 1 saturated carbocycles. The maximum Gasteiger partial charge on any atom is 0.273 e. The fraction of sp³-hybridized carbons (Fsp3) is 0.778. The van der Waals surface area contributed by atoms with Gasteiger partial charge in [0.25, 0.3) is 5.91 Å². The molecule has 2 saturated heterocycles. The van der Waals surface area contributed by atoms with E-state index in [4.69, 9.17) is 9.47 Å². The van der Waals surface area contributed by atoms with Crippen LogP contribution in [-0.2, 0) is 9.47 Å². The van der Waals surface area contributed by atoms with Crippen molar-refractivity contribution in [2.75, 3.05) is 26.3 Å². The van der Waals surface area contributed by atoms with Gasteiger partial charge in [-0.2, -0.15) is 0 Å². The highest BCUT2D eigenvalue weighted by molar-refractivity contribution is 7.09. The zero-order chi connectivity index (χ0) is 16.6. The summed E-state index contributed by atoms with van der Waals surface area (Å²) >= 11 is 1.53. The Bertz CT molecular complexity index is 591. The van der Waals surface area contributed by atoms with Gasteiger partial charge in [-0.15, -0.1) is 11.3 Å². The second-order valence-electron chi connectivity index (χ2n) is 7.49. The van der Waals surface area contributed by atoms with Crippen LogP contribution in [0.3, 0.4) is 0 Å². The van der Waals surface area contributed by atoms with Crippen LogP contribution in [0.25, 0.3) is 0 Å². The van der Waals surface area contributed by atoms with E-state index in [0.717, 1.165) is 49.9 Å². The van der Waals surface area contributed by atoms with E-state index in [0.29, 0.717) is 12.3 Å². The number of nitrogens with zero attached hydrogens (tertiary/aromatic N) is 2. The van der Waals surface area contributed by atoms with Crippen LogP contribution < -0.4 is 0 Å². The first-order valence-electron chi connectivity index (χ1n) is 9.10. The number of ether oxygens (including phenoxy) is 2. The zero-order valence-corrected chi connectivity index (χ0v) is 15.1. The minimum absolute atomic E-state index is 0.0602. The lowest BCUT2D eigenvalue weighted by molar-refractivity contribution is -0.0421. The van der Waals surface area contributed by atoms with Crippen molar-refractivity contribution in [1.29, 1.82) is 0 Å². The average Bonchev–Trinajstić information content (AvgIpc) is 3.13. The quantitative estimate of drug-likeness (QED) is 0.837. The van der Waals surface area contributed by atoms with Gasteiger partial charge in [0.1, 0.15) is 5.69 Å². The third kappa shape index (κ3) is 3.37. The number of hydrogen-bond acceptors (Lipinski definition) is 5. The van der Waals surface area contributed by atoms with Gasteiger partial charge in [-0.3, -0.25) is 4.79 Å². The standard InChI is InChI=1S/C18H26N2O3S/c1-13-19-16(12-24-13)17(21)20-7-5-18(6-8-20)9-15(11-23-18)22-10-14-3-2-4-14/h12,14-15H,2-11H2,1H3/t15-/m1/s1. The van der Waals surface area contributed by atoms with Crippen molar-refractivity contribution in [3.63, 3.8) is 0 Å². The van der Waals surface area contributed by atoms with Gasteiger partial charge in [0, 0.05) is 31.5 Å². The Morgan fingerprint density at radius 3 is 2.88 bits per heavy atom. The van der Waals surface area contributed by atoms with Crippen LogP contribution in [0.5, 0.6) is 0 Å². The summed E-state index contributed by atoms with van der Waals surface area (Å²) in [5, 5.41) is 2.80. The van der Waals surface area contributed by atoms with Gasteiger partial charge in [-0.25, -0.2) is 4.98 Å². The first kappa shape index (κ1) is 16.5. The van der Waals surface area contributed by atoms with Crippen LogP contribution in [0, 0.1) is 12.8 Å². The van der Waals surface area contributed by atoms with Crippen molar-refractivity contribution in [3.05, 3.63) is 16.1 Å². The molecule has 1 spiro atoms. The van der Waals surface area contributed by atoms with Crippen LogP contribution in [-0.4, -0.2) is 53.8 Å². The summed E-state index contributed by atoms with van der Waals surface area (Å²) in [6, 6.07) is 0. The van der Waals surface area contributed by atoms with Crippen molar-refractivity contribution in [2.45, 2.75) is 57.2 Å². The van der Waals surface area contributed by atoms with E-state index in [2.05, 4.69) is 4.98 Å². The summed E-state index contributed by atoms with van der Waals surface area (Å²) in [5.74, 6) is 0.840. The fourth-order valence-corrected chi connectivity index (χ4v) is 4.52. The molecule has 1 amide bonds. The SMILES string of the molecule is Cc1nc(C(=O)N2CCC3(CC2)C[C@@H](OCC2CCC2)CO3)cs1. The zero-order valence-electron chi connectivity index (χ0n) is 14.3. The molecule has 0 bridgehead atoms. The highest BCUT2D eigenvalue weighted by atomic mass is 32.1. The average molecular weight is 350 g/mol. The monoisotopic (exact) mass is 350 g/mol. The van der Waals surface area contributed by atoms with Gasteiger partial charge in [-0.05, 0) is 38.5 Å². The molecule has 6 heteroatoms. The molecule has 132 valence electrons.